The Labute approximate surface area is 106 Å². The highest BCUT2D eigenvalue weighted by atomic mass is 16.5. The minimum Gasteiger partial charge on any atom is -0.490 e. The summed E-state index contributed by atoms with van der Waals surface area (Å²) in [5.74, 6) is 1.33. The quantitative estimate of drug-likeness (QED) is 0.828. The van der Waals surface area contributed by atoms with Gasteiger partial charge >= 0.3 is 0 Å². The summed E-state index contributed by atoms with van der Waals surface area (Å²) < 4.78 is 12.9. The summed E-state index contributed by atoms with van der Waals surface area (Å²) in [6, 6.07) is 10.0. The van der Waals surface area contributed by atoms with Crippen molar-refractivity contribution in [2.45, 2.75) is 6.42 Å². The average Bonchev–Trinajstić information content (AvgIpc) is 3.09. The number of hydrogen-bond donors (Lipinski definition) is 0. The van der Waals surface area contributed by atoms with E-state index in [1.807, 2.05) is 41.2 Å². The van der Waals surface area contributed by atoms with E-state index < -0.39 is 0 Å². The molecule has 1 aliphatic rings. The van der Waals surface area contributed by atoms with E-state index in [-0.39, 0.29) is 0 Å². The van der Waals surface area contributed by atoms with Crippen molar-refractivity contribution in [3.05, 3.63) is 42.7 Å². The van der Waals surface area contributed by atoms with Gasteiger partial charge in [-0.25, -0.2) is 4.68 Å². The lowest BCUT2D eigenvalue weighted by Gasteiger charge is -2.07. The van der Waals surface area contributed by atoms with Crippen LogP contribution in [0.1, 0.15) is 6.42 Å². The van der Waals surface area contributed by atoms with Crippen LogP contribution in [0, 0.1) is 5.92 Å². The van der Waals surface area contributed by atoms with Crippen molar-refractivity contribution in [2.75, 3.05) is 19.8 Å². The topological polar surface area (TPSA) is 36.3 Å². The molecule has 1 aliphatic heterocycles. The Bertz CT molecular complexity index is 490. The molecule has 2 heterocycles. The molecule has 0 aliphatic carbocycles. The molecule has 2 aromatic rings. The van der Waals surface area contributed by atoms with Crippen molar-refractivity contribution in [3.63, 3.8) is 0 Å². The fourth-order valence-corrected chi connectivity index (χ4v) is 2.03. The Morgan fingerprint density at radius 1 is 1.33 bits per heavy atom. The molecule has 0 saturated carbocycles. The maximum atomic E-state index is 5.73. The first-order chi connectivity index (χ1) is 8.92. The Balaban J connectivity index is 1.63. The molecule has 3 rings (SSSR count). The molecular formula is C14H16N2O2. The third-order valence-electron chi connectivity index (χ3n) is 3.09. The van der Waals surface area contributed by atoms with E-state index in [0.717, 1.165) is 31.1 Å². The van der Waals surface area contributed by atoms with Crippen molar-refractivity contribution in [3.8, 4) is 11.4 Å². The molecule has 0 radical (unpaired) electrons. The Morgan fingerprint density at radius 2 is 2.22 bits per heavy atom. The molecule has 0 amide bonds. The molecule has 1 aromatic carbocycles. The van der Waals surface area contributed by atoms with E-state index in [2.05, 4.69) is 5.10 Å². The van der Waals surface area contributed by atoms with E-state index in [1.165, 1.54) is 0 Å². The van der Waals surface area contributed by atoms with Crippen molar-refractivity contribution in [2.24, 2.45) is 5.92 Å². The third-order valence-corrected chi connectivity index (χ3v) is 3.09. The summed E-state index contributed by atoms with van der Waals surface area (Å²) in [6.45, 7) is 2.38. The van der Waals surface area contributed by atoms with Gasteiger partial charge in [-0.15, -0.1) is 0 Å². The highest BCUT2D eigenvalue weighted by Crippen LogP contribution is 2.17. The molecule has 4 heteroatoms. The third kappa shape index (κ3) is 2.54. The Kier molecular flexibility index (Phi) is 3.28. The van der Waals surface area contributed by atoms with Crippen LogP contribution in [0.4, 0.5) is 0 Å². The van der Waals surface area contributed by atoms with E-state index >= 15 is 0 Å². The van der Waals surface area contributed by atoms with Gasteiger partial charge < -0.3 is 9.47 Å². The van der Waals surface area contributed by atoms with Crippen LogP contribution in [0.5, 0.6) is 5.75 Å². The lowest BCUT2D eigenvalue weighted by molar-refractivity contribution is 0.167. The van der Waals surface area contributed by atoms with Crippen LogP contribution in [-0.4, -0.2) is 29.6 Å². The van der Waals surface area contributed by atoms with Gasteiger partial charge in [-0.2, -0.15) is 5.10 Å². The van der Waals surface area contributed by atoms with Crippen molar-refractivity contribution < 1.29 is 9.47 Å². The molecule has 18 heavy (non-hydrogen) atoms. The fraction of sp³-hybridized carbons (Fsp3) is 0.357. The summed E-state index contributed by atoms with van der Waals surface area (Å²) in [7, 11) is 0. The van der Waals surface area contributed by atoms with E-state index in [1.54, 1.807) is 6.20 Å². The summed E-state index contributed by atoms with van der Waals surface area (Å²) in [5.41, 5.74) is 1.04. The molecule has 4 nitrogen and oxygen atoms in total. The second-order valence-corrected chi connectivity index (χ2v) is 4.50. The summed E-state index contributed by atoms with van der Waals surface area (Å²) in [4.78, 5) is 0. The molecule has 1 saturated heterocycles. The molecular weight excluding hydrogens is 228 g/mol. The zero-order valence-electron chi connectivity index (χ0n) is 10.2. The van der Waals surface area contributed by atoms with Gasteiger partial charge in [0.25, 0.3) is 0 Å². The van der Waals surface area contributed by atoms with Gasteiger partial charge in [0.05, 0.1) is 31.3 Å². The first kappa shape index (κ1) is 11.3. The number of hydrogen-bond acceptors (Lipinski definition) is 3. The molecule has 1 fully saturated rings. The van der Waals surface area contributed by atoms with Crippen LogP contribution in [0.2, 0.25) is 0 Å². The minimum absolute atomic E-state index is 0.519. The highest BCUT2D eigenvalue weighted by Gasteiger charge is 2.16. The molecule has 0 bridgehead atoms. The van der Waals surface area contributed by atoms with E-state index in [9.17, 15) is 0 Å². The highest BCUT2D eigenvalue weighted by molar-refractivity contribution is 5.32. The monoisotopic (exact) mass is 244 g/mol. The summed E-state index contributed by atoms with van der Waals surface area (Å²) >= 11 is 0. The van der Waals surface area contributed by atoms with Crippen LogP contribution >= 0.6 is 0 Å². The van der Waals surface area contributed by atoms with Gasteiger partial charge in [0.15, 0.2) is 5.75 Å². The predicted octanol–water partition coefficient (Wildman–Crippen LogP) is 2.29. The van der Waals surface area contributed by atoms with Crippen molar-refractivity contribution in [1.82, 2.24) is 9.78 Å². The van der Waals surface area contributed by atoms with Crippen molar-refractivity contribution >= 4 is 0 Å². The first-order valence-corrected chi connectivity index (χ1v) is 6.22. The normalized spacial score (nSPS) is 19.0. The lowest BCUT2D eigenvalue weighted by atomic mass is 10.1. The summed E-state index contributed by atoms with van der Waals surface area (Å²) in [5, 5.41) is 4.29. The Hall–Kier alpha value is -1.81. The average molecular weight is 244 g/mol. The number of benzene rings is 1. The van der Waals surface area contributed by atoms with Crippen LogP contribution in [0.25, 0.3) is 5.69 Å². The van der Waals surface area contributed by atoms with Gasteiger partial charge in [-0.05, 0) is 18.6 Å². The standard InChI is InChI=1S/C14H16N2O2/c1-2-4-13(5-3-1)16-9-14(8-15-16)18-11-12-6-7-17-10-12/h1-5,8-9,12H,6-7,10-11H2. The SMILES string of the molecule is c1ccc(-n2cc(OCC3CCOC3)cn2)cc1. The molecule has 1 atom stereocenters. The summed E-state index contributed by atoms with van der Waals surface area (Å²) in [6.07, 6.45) is 4.75. The number of ether oxygens (including phenoxy) is 2. The zero-order chi connectivity index (χ0) is 12.2. The van der Waals surface area contributed by atoms with Gasteiger partial charge in [-0.1, -0.05) is 18.2 Å². The Morgan fingerprint density at radius 3 is 3.00 bits per heavy atom. The molecule has 1 unspecified atom stereocenters. The number of aromatic nitrogens is 2. The van der Waals surface area contributed by atoms with E-state index in [4.69, 9.17) is 9.47 Å². The largest absolute Gasteiger partial charge is 0.490 e. The first-order valence-electron chi connectivity index (χ1n) is 6.22. The minimum atomic E-state index is 0.519. The van der Waals surface area contributed by atoms with Crippen LogP contribution < -0.4 is 4.74 Å². The zero-order valence-corrected chi connectivity index (χ0v) is 10.2. The van der Waals surface area contributed by atoms with Crippen LogP contribution in [-0.2, 0) is 4.74 Å². The number of nitrogens with zero attached hydrogens (tertiary/aromatic N) is 2. The van der Waals surface area contributed by atoms with Crippen LogP contribution in [0.15, 0.2) is 42.7 Å². The van der Waals surface area contributed by atoms with Gasteiger partial charge in [0, 0.05) is 12.5 Å². The molecule has 94 valence electrons. The molecule has 1 aromatic heterocycles. The number of rotatable bonds is 4. The maximum Gasteiger partial charge on any atom is 0.157 e. The molecule has 0 N–H and O–H groups in total. The van der Waals surface area contributed by atoms with Gasteiger partial charge in [-0.3, -0.25) is 0 Å². The van der Waals surface area contributed by atoms with Gasteiger partial charge in [0.2, 0.25) is 0 Å². The maximum absolute atomic E-state index is 5.73. The second-order valence-electron chi connectivity index (χ2n) is 4.50. The van der Waals surface area contributed by atoms with Crippen molar-refractivity contribution in [1.29, 1.82) is 0 Å². The van der Waals surface area contributed by atoms with Crippen LogP contribution in [0.3, 0.4) is 0 Å². The lowest BCUT2D eigenvalue weighted by Crippen LogP contribution is -2.11. The van der Waals surface area contributed by atoms with Gasteiger partial charge in [0.1, 0.15) is 0 Å². The fourth-order valence-electron chi connectivity index (χ4n) is 2.03. The predicted molar refractivity (Wildman–Crippen MR) is 68.0 cm³/mol. The second kappa shape index (κ2) is 5.23. The van der Waals surface area contributed by atoms with E-state index in [0.29, 0.717) is 12.5 Å². The molecule has 0 spiro atoms. The number of para-hydroxylation sites is 1. The smallest absolute Gasteiger partial charge is 0.157 e.